The summed E-state index contributed by atoms with van der Waals surface area (Å²) in [6.45, 7) is 2.86. The van der Waals surface area contributed by atoms with Crippen LogP contribution in [-0.2, 0) is 35.6 Å². The molecule has 0 aromatic heterocycles. The highest BCUT2D eigenvalue weighted by Crippen LogP contribution is 2.79. The molecule has 0 amide bonds. The van der Waals surface area contributed by atoms with E-state index < -0.39 is 45.8 Å². The topological polar surface area (TPSA) is 83.5 Å². The van der Waals surface area contributed by atoms with Crippen LogP contribution < -0.4 is 9.47 Å². The number of hydrogen-bond donors (Lipinski definition) is 0. The third-order valence-electron chi connectivity index (χ3n) is 9.96. The maximum absolute atomic E-state index is 13.7. The van der Waals surface area contributed by atoms with Gasteiger partial charge in [-0.3, -0.25) is 9.59 Å². The van der Waals surface area contributed by atoms with E-state index in [0.717, 1.165) is 24.9 Å². The summed E-state index contributed by atoms with van der Waals surface area (Å²) >= 11 is 0. The number of fused-ring (bicyclic) bond motifs is 1. The van der Waals surface area contributed by atoms with Crippen molar-refractivity contribution in [3.8, 4) is 11.5 Å². The quantitative estimate of drug-likeness (QED) is 0.488. The Morgan fingerprint density at radius 1 is 1.06 bits per heavy atom. The molecule has 1 aromatic carbocycles. The zero-order valence-electron chi connectivity index (χ0n) is 20.5. The highest BCUT2D eigenvalue weighted by molar-refractivity contribution is 5.88. The normalized spacial score (nSPS) is 42.6. The third-order valence-corrected chi connectivity index (χ3v) is 9.96. The first-order valence-corrected chi connectivity index (χ1v) is 11.8. The molecule has 1 aromatic rings. The van der Waals surface area contributed by atoms with E-state index in [1.165, 1.54) is 19.8 Å². The maximum Gasteiger partial charge on any atom is 0.313 e. The van der Waals surface area contributed by atoms with Crippen molar-refractivity contribution in [2.75, 3.05) is 42.0 Å². The van der Waals surface area contributed by atoms with Gasteiger partial charge in [0.05, 0.1) is 32.7 Å². The van der Waals surface area contributed by atoms with E-state index in [1.807, 2.05) is 19.1 Å². The second kappa shape index (κ2) is 6.55. The number of nitrogens with zero attached hydrogens (tertiary/aromatic N) is 1. The fourth-order valence-corrected chi connectivity index (χ4v) is 8.80. The summed E-state index contributed by atoms with van der Waals surface area (Å²) in [7, 11) is 8.03. The van der Waals surface area contributed by atoms with Crippen LogP contribution in [0.3, 0.4) is 0 Å². The summed E-state index contributed by atoms with van der Waals surface area (Å²) in [6, 6.07) is 4.02. The van der Waals surface area contributed by atoms with Gasteiger partial charge in [0.1, 0.15) is 11.5 Å². The van der Waals surface area contributed by atoms with Crippen LogP contribution in [0, 0.1) is 17.3 Å². The number of ether oxygens (including phenoxy) is 5. The molecular weight excluding hydrogens is 438 g/mol. The summed E-state index contributed by atoms with van der Waals surface area (Å²) in [5.41, 5.74) is -1.35. The zero-order valence-corrected chi connectivity index (χ0v) is 20.5. The molecule has 4 bridgehead atoms. The van der Waals surface area contributed by atoms with E-state index >= 15 is 0 Å². The fourth-order valence-electron chi connectivity index (χ4n) is 8.80. The van der Waals surface area contributed by atoms with Crippen LogP contribution in [0.15, 0.2) is 24.3 Å². The van der Waals surface area contributed by atoms with Gasteiger partial charge in [0, 0.05) is 24.1 Å². The highest BCUT2D eigenvalue weighted by atomic mass is 16.6. The van der Waals surface area contributed by atoms with Gasteiger partial charge in [-0.15, -0.1) is 0 Å². The van der Waals surface area contributed by atoms with E-state index in [-0.39, 0.29) is 6.04 Å². The molecule has 8 heteroatoms. The molecule has 1 saturated heterocycles. The average molecular weight is 470 g/mol. The van der Waals surface area contributed by atoms with Crippen LogP contribution in [0.4, 0.5) is 0 Å². The Labute approximate surface area is 199 Å². The molecule has 2 fully saturated rings. The van der Waals surface area contributed by atoms with Crippen molar-refractivity contribution in [1.29, 1.82) is 0 Å². The second-order valence-corrected chi connectivity index (χ2v) is 10.4. The largest absolute Gasteiger partial charge is 0.493 e. The lowest BCUT2D eigenvalue weighted by Gasteiger charge is -2.75. The molecule has 0 radical (unpaired) electrons. The number of rotatable bonds is 4. The fraction of sp³-hybridized carbons (Fsp3) is 0.615. The van der Waals surface area contributed by atoms with Gasteiger partial charge in [-0.1, -0.05) is 18.2 Å². The van der Waals surface area contributed by atoms with Crippen LogP contribution in [0.5, 0.6) is 11.5 Å². The van der Waals surface area contributed by atoms with E-state index in [2.05, 4.69) is 24.1 Å². The number of likely N-dealkylation sites (tertiary alicyclic amines) is 1. The van der Waals surface area contributed by atoms with Gasteiger partial charge < -0.3 is 28.6 Å². The lowest BCUT2D eigenvalue weighted by Crippen LogP contribution is -2.87. The van der Waals surface area contributed by atoms with Gasteiger partial charge in [-0.05, 0) is 45.0 Å². The lowest BCUT2D eigenvalue weighted by molar-refractivity contribution is -0.282. The maximum atomic E-state index is 13.7. The molecule has 8 nitrogen and oxygen atoms in total. The number of esters is 2. The minimum atomic E-state index is -1.25. The minimum Gasteiger partial charge on any atom is -0.493 e. The highest BCUT2D eigenvalue weighted by Gasteiger charge is 2.88. The van der Waals surface area contributed by atoms with E-state index in [4.69, 9.17) is 23.7 Å². The first-order valence-electron chi connectivity index (χ1n) is 11.8. The molecule has 2 heterocycles. The number of methoxy groups -OCH3 is 4. The van der Waals surface area contributed by atoms with E-state index in [9.17, 15) is 9.59 Å². The predicted octanol–water partition coefficient (Wildman–Crippen LogP) is 1.88. The molecular formula is C26H31NO7. The van der Waals surface area contributed by atoms with Crippen molar-refractivity contribution in [3.63, 3.8) is 0 Å². The third kappa shape index (κ3) is 1.88. The van der Waals surface area contributed by atoms with Crippen LogP contribution in [0.2, 0.25) is 0 Å². The number of benzene rings is 1. The van der Waals surface area contributed by atoms with E-state index in [0.29, 0.717) is 11.5 Å². The summed E-state index contributed by atoms with van der Waals surface area (Å²) in [4.78, 5) is 29.5. The molecule has 7 rings (SSSR count). The Morgan fingerprint density at radius 3 is 2.41 bits per heavy atom. The van der Waals surface area contributed by atoms with E-state index in [1.54, 1.807) is 14.2 Å². The van der Waals surface area contributed by atoms with Gasteiger partial charge >= 0.3 is 11.9 Å². The predicted molar refractivity (Wildman–Crippen MR) is 121 cm³/mol. The number of carbonyl (C=O) groups excluding carboxylic acids is 2. The summed E-state index contributed by atoms with van der Waals surface area (Å²) < 4.78 is 29.7. The van der Waals surface area contributed by atoms with Gasteiger partial charge in [0.2, 0.25) is 0 Å². The van der Waals surface area contributed by atoms with Gasteiger partial charge in [0.25, 0.3) is 0 Å². The molecule has 0 unspecified atom stereocenters. The van der Waals surface area contributed by atoms with Crippen molar-refractivity contribution in [2.45, 2.75) is 42.4 Å². The molecule has 182 valence electrons. The smallest absolute Gasteiger partial charge is 0.313 e. The molecule has 4 aliphatic carbocycles. The van der Waals surface area contributed by atoms with Crippen LogP contribution in [0.1, 0.15) is 24.5 Å². The molecule has 34 heavy (non-hydrogen) atoms. The number of likely N-dealkylation sites (N-methyl/N-ethyl adjacent to an activating group) is 1. The average Bonchev–Trinajstić information content (AvgIpc) is 3.14. The van der Waals surface area contributed by atoms with Crippen molar-refractivity contribution < 1.29 is 33.3 Å². The van der Waals surface area contributed by atoms with Crippen LogP contribution in [-0.4, -0.2) is 76.1 Å². The Kier molecular flexibility index (Phi) is 4.22. The second-order valence-electron chi connectivity index (χ2n) is 10.4. The molecule has 0 N–H and O–H groups in total. The number of piperidine rings is 1. The monoisotopic (exact) mass is 469 g/mol. The molecule has 2 aliphatic heterocycles. The van der Waals surface area contributed by atoms with Crippen molar-refractivity contribution in [1.82, 2.24) is 4.90 Å². The SMILES string of the molecule is COC(=O)[C@@H]1[C@@H](C(=O)OC)[C@@]2(OC)C=C[C@]13[C@@H]1Cc4ccc(OC)c5c4[C@@]3(CCN1C)[C@]2(C)O5. The first kappa shape index (κ1) is 21.9. The molecule has 1 saturated carbocycles. The molecule has 6 aliphatic rings. The Morgan fingerprint density at radius 2 is 1.76 bits per heavy atom. The first-order chi connectivity index (χ1) is 16.2. The Balaban J connectivity index is 1.80. The zero-order chi connectivity index (χ0) is 24.3. The Bertz CT molecular complexity index is 1150. The lowest BCUT2D eigenvalue weighted by atomic mass is 9.30. The summed E-state index contributed by atoms with van der Waals surface area (Å²) in [5.74, 6) is -1.34. The molecule has 2 spiro atoms. The van der Waals surface area contributed by atoms with Gasteiger partial charge in [-0.2, -0.15) is 0 Å². The van der Waals surface area contributed by atoms with Gasteiger partial charge in [0.15, 0.2) is 17.1 Å². The van der Waals surface area contributed by atoms with Crippen molar-refractivity contribution >= 4 is 11.9 Å². The van der Waals surface area contributed by atoms with Crippen LogP contribution in [0.25, 0.3) is 0 Å². The standard InChI is InChI=1S/C26H31NO7/c1-23-25-11-12-27(2)16(13-14-7-8-15(30-3)20(34-23)17(14)25)24(25)9-10-26(23,33-6)19(22(29)32-5)18(24)21(28)31-4/h7-10,16,18-19H,11-13H2,1-6H3/t16-,18-,19-,23-,24-,25-,26-/m0/s1. The molecule has 7 atom stereocenters. The summed E-state index contributed by atoms with van der Waals surface area (Å²) in [6.07, 6.45) is 5.55. The minimum absolute atomic E-state index is 0.0429. The number of carbonyl (C=O) groups is 2. The van der Waals surface area contributed by atoms with Crippen LogP contribution >= 0.6 is 0 Å². The number of hydrogen-bond acceptors (Lipinski definition) is 8. The summed E-state index contributed by atoms with van der Waals surface area (Å²) in [5, 5.41) is 0. The van der Waals surface area contributed by atoms with Crippen molar-refractivity contribution in [3.05, 3.63) is 35.4 Å². The van der Waals surface area contributed by atoms with Crippen molar-refractivity contribution in [2.24, 2.45) is 17.3 Å². The van der Waals surface area contributed by atoms with Gasteiger partial charge in [-0.25, -0.2) is 0 Å². The Hall–Kier alpha value is -2.58.